The number of carbonyl (C=O) groups excluding carboxylic acids is 2. The molecule has 4 aliphatic carbocycles. The normalized spacial score (nSPS) is 40.7. The first-order chi connectivity index (χ1) is 20.4. The number of hydrogen-bond donors (Lipinski definition) is 3. The van der Waals surface area contributed by atoms with E-state index >= 15 is 4.79 Å². The number of hydrogen-bond acceptors (Lipinski definition) is 6. The Hall–Kier alpha value is -2.28. The first kappa shape index (κ1) is 33.1. The fraction of sp³-hybridized carbons (Fsp3) is 0.684. The molecule has 0 aromatic carbocycles. The number of ether oxygens (including phenoxy) is 1. The van der Waals surface area contributed by atoms with Crippen molar-refractivity contribution in [2.75, 3.05) is 0 Å². The van der Waals surface area contributed by atoms with Gasteiger partial charge in [0, 0.05) is 12.8 Å². The smallest absolute Gasteiger partial charge is 0.172 e. The van der Waals surface area contributed by atoms with E-state index in [9.17, 15) is 20.1 Å². The van der Waals surface area contributed by atoms with Gasteiger partial charge in [-0.2, -0.15) is 0 Å². The minimum Gasteiger partial charge on any atom is -0.492 e. The highest BCUT2D eigenvalue weighted by molar-refractivity contribution is 6.09. The molecule has 1 spiro atoms. The maximum absolute atomic E-state index is 15.7. The average Bonchev–Trinajstić information content (AvgIpc) is 2.91. The van der Waals surface area contributed by atoms with Crippen molar-refractivity contribution in [3.8, 4) is 0 Å². The number of ketones is 2. The molecule has 0 aromatic rings. The van der Waals surface area contributed by atoms with Gasteiger partial charge in [-0.25, -0.2) is 0 Å². The Kier molecular flexibility index (Phi) is 8.43. The summed E-state index contributed by atoms with van der Waals surface area (Å²) in [6.45, 7) is 21.1. The van der Waals surface area contributed by atoms with Gasteiger partial charge in [0.1, 0.15) is 17.5 Å². The van der Waals surface area contributed by atoms with Crippen LogP contribution in [0.4, 0.5) is 0 Å². The Morgan fingerprint density at radius 1 is 0.909 bits per heavy atom. The van der Waals surface area contributed by atoms with Crippen molar-refractivity contribution < 1.29 is 29.6 Å². The summed E-state index contributed by atoms with van der Waals surface area (Å²) >= 11 is 0. The fourth-order valence-corrected chi connectivity index (χ4v) is 9.39. The molecular weight excluding hydrogens is 552 g/mol. The van der Waals surface area contributed by atoms with Gasteiger partial charge in [-0.1, -0.05) is 60.9 Å². The Balaban J connectivity index is 1.83. The van der Waals surface area contributed by atoms with Crippen LogP contribution in [-0.2, 0) is 14.3 Å². The van der Waals surface area contributed by atoms with Crippen molar-refractivity contribution >= 4 is 11.6 Å². The number of fused-ring (bicyclic) bond motifs is 4. The topological polar surface area (TPSA) is 104 Å². The van der Waals surface area contributed by atoms with Crippen LogP contribution < -0.4 is 0 Å². The van der Waals surface area contributed by atoms with Gasteiger partial charge in [0.15, 0.2) is 11.6 Å². The molecule has 2 bridgehead atoms. The molecule has 3 saturated carbocycles. The molecule has 1 heterocycles. The van der Waals surface area contributed by atoms with Crippen molar-refractivity contribution in [1.29, 1.82) is 0 Å². The molecule has 5 rings (SSSR count). The lowest BCUT2D eigenvalue weighted by molar-refractivity contribution is -0.212. The lowest BCUT2D eigenvalue weighted by Gasteiger charge is -2.69. The van der Waals surface area contributed by atoms with Crippen molar-refractivity contribution in [2.45, 2.75) is 131 Å². The molecule has 5 aliphatic rings. The first-order valence-electron chi connectivity index (χ1n) is 16.6. The van der Waals surface area contributed by atoms with Crippen LogP contribution in [0, 0.1) is 34.0 Å². The molecule has 0 aromatic heterocycles. The summed E-state index contributed by atoms with van der Waals surface area (Å²) in [5, 5.41) is 34.4. The molecule has 3 N–H and O–H groups in total. The Bertz CT molecular complexity index is 1360. The fourth-order valence-electron chi connectivity index (χ4n) is 9.39. The van der Waals surface area contributed by atoms with Crippen LogP contribution in [0.15, 0.2) is 58.4 Å². The Labute approximate surface area is 264 Å². The molecule has 1 aliphatic heterocycles. The quantitative estimate of drug-likeness (QED) is 0.291. The van der Waals surface area contributed by atoms with Gasteiger partial charge in [0.2, 0.25) is 0 Å². The molecule has 6 heteroatoms. The molecule has 4 unspecified atom stereocenters. The van der Waals surface area contributed by atoms with Crippen LogP contribution in [0.5, 0.6) is 0 Å². The molecule has 0 radical (unpaired) electrons. The summed E-state index contributed by atoms with van der Waals surface area (Å²) in [6.07, 6.45) is 6.86. The standard InChI is InChI=1S/C38H54O6/c1-21(2)10-12-25-19-36-20-26(13-11-22(3)4)35(8,9)37(34(36)42,15-14-23(5)6)33-31(38(36,43)18-24(25)7)32(41)27-16-28(39)29(40)17-30(27)44-33/h10-11,14,25-30,39-40,43H,7,12-13,15-20H2,1-6,8-9H3/t25-,26-,27?,28?,29?,30?,36-,37-,38+/m0/s1. The van der Waals surface area contributed by atoms with Crippen LogP contribution in [-0.4, -0.2) is 50.8 Å². The molecule has 0 saturated heterocycles. The molecule has 44 heavy (non-hydrogen) atoms. The van der Waals surface area contributed by atoms with E-state index in [-0.39, 0.29) is 48.2 Å². The van der Waals surface area contributed by atoms with Gasteiger partial charge in [-0.15, -0.1) is 0 Å². The molecule has 9 atom stereocenters. The van der Waals surface area contributed by atoms with Crippen molar-refractivity contribution in [3.05, 3.63) is 58.4 Å². The van der Waals surface area contributed by atoms with Gasteiger partial charge in [-0.3, -0.25) is 9.59 Å². The van der Waals surface area contributed by atoms with Crippen molar-refractivity contribution in [3.63, 3.8) is 0 Å². The predicted molar refractivity (Wildman–Crippen MR) is 172 cm³/mol. The summed E-state index contributed by atoms with van der Waals surface area (Å²) in [5.74, 6) is -0.593. The van der Waals surface area contributed by atoms with E-state index in [0.717, 1.165) is 24.0 Å². The number of carbonyl (C=O) groups is 2. The summed E-state index contributed by atoms with van der Waals surface area (Å²) in [5.41, 5.74) is -0.168. The number of allylic oxidation sites excluding steroid dienone is 7. The third-order valence-corrected chi connectivity index (χ3v) is 12.2. The van der Waals surface area contributed by atoms with E-state index in [2.05, 4.69) is 66.3 Å². The monoisotopic (exact) mass is 606 g/mol. The average molecular weight is 607 g/mol. The third kappa shape index (κ3) is 4.69. The second-order valence-electron chi connectivity index (χ2n) is 16.0. The minimum atomic E-state index is -1.75. The van der Waals surface area contributed by atoms with Crippen LogP contribution >= 0.6 is 0 Å². The van der Waals surface area contributed by atoms with E-state index in [1.807, 2.05) is 13.8 Å². The summed E-state index contributed by atoms with van der Waals surface area (Å²) < 4.78 is 6.86. The van der Waals surface area contributed by atoms with Gasteiger partial charge < -0.3 is 20.1 Å². The van der Waals surface area contributed by atoms with Crippen LogP contribution in [0.3, 0.4) is 0 Å². The van der Waals surface area contributed by atoms with Crippen LogP contribution in [0.25, 0.3) is 0 Å². The maximum atomic E-state index is 15.7. The molecule has 0 amide bonds. The SMILES string of the molecule is C=C1C[C@@]2(O)C3=C(OC4CC(O)C(O)CC4C3=O)[C@@]3(CC=C(C)C)C(=O)[C@]2(C[C@@H]1CC=C(C)C)C[C@H](CC=C(C)C)C3(C)C. The second-order valence-corrected chi connectivity index (χ2v) is 16.0. The molecule has 6 nitrogen and oxygen atoms in total. The largest absolute Gasteiger partial charge is 0.492 e. The van der Waals surface area contributed by atoms with E-state index in [1.165, 1.54) is 11.1 Å². The van der Waals surface area contributed by atoms with Crippen LogP contribution in [0.1, 0.15) is 107 Å². The Morgan fingerprint density at radius 3 is 2.11 bits per heavy atom. The minimum absolute atomic E-state index is 0.00162. The van der Waals surface area contributed by atoms with E-state index in [4.69, 9.17) is 4.74 Å². The highest BCUT2D eigenvalue weighted by atomic mass is 16.5. The summed E-state index contributed by atoms with van der Waals surface area (Å²) in [4.78, 5) is 30.4. The summed E-state index contributed by atoms with van der Waals surface area (Å²) in [6, 6.07) is 0. The summed E-state index contributed by atoms with van der Waals surface area (Å²) in [7, 11) is 0. The van der Waals surface area contributed by atoms with E-state index in [0.29, 0.717) is 25.0 Å². The lowest BCUT2D eigenvalue weighted by Crippen LogP contribution is -2.75. The number of aliphatic hydroxyl groups excluding tert-OH is 2. The number of rotatable bonds is 6. The van der Waals surface area contributed by atoms with Gasteiger partial charge in [0.05, 0.1) is 34.5 Å². The maximum Gasteiger partial charge on any atom is 0.172 e. The highest BCUT2D eigenvalue weighted by Gasteiger charge is 2.78. The van der Waals surface area contributed by atoms with E-state index in [1.54, 1.807) is 0 Å². The zero-order chi connectivity index (χ0) is 32.6. The number of aliphatic hydroxyl groups is 3. The third-order valence-electron chi connectivity index (χ3n) is 12.2. The lowest BCUT2D eigenvalue weighted by atomic mass is 9.34. The molecular formula is C38H54O6. The van der Waals surface area contributed by atoms with Gasteiger partial charge in [-0.05, 0) is 97.3 Å². The molecule has 3 fully saturated rings. The highest BCUT2D eigenvalue weighted by Crippen LogP contribution is 2.74. The van der Waals surface area contributed by atoms with Crippen molar-refractivity contribution in [2.24, 2.45) is 34.0 Å². The molecule has 242 valence electrons. The number of Topliss-reactive ketones (excluding diaryl/α,β-unsaturated/α-hetero) is 2. The van der Waals surface area contributed by atoms with Gasteiger partial charge >= 0.3 is 0 Å². The van der Waals surface area contributed by atoms with Crippen molar-refractivity contribution in [1.82, 2.24) is 0 Å². The van der Waals surface area contributed by atoms with Crippen LogP contribution in [0.2, 0.25) is 0 Å². The zero-order valence-electron chi connectivity index (χ0n) is 28.1. The predicted octanol–water partition coefficient (Wildman–Crippen LogP) is 6.71. The zero-order valence-corrected chi connectivity index (χ0v) is 28.1. The Morgan fingerprint density at radius 2 is 1.50 bits per heavy atom. The van der Waals surface area contributed by atoms with E-state index < -0.39 is 46.1 Å². The second kappa shape index (κ2) is 11.2. The first-order valence-corrected chi connectivity index (χ1v) is 16.6. The van der Waals surface area contributed by atoms with Gasteiger partial charge in [0.25, 0.3) is 0 Å².